The van der Waals surface area contributed by atoms with Gasteiger partial charge in [0, 0.05) is 97.2 Å². The van der Waals surface area contributed by atoms with E-state index in [-0.39, 0.29) is 36.3 Å². The molecule has 3 amide bonds. The number of fused-ring (bicyclic) bond motifs is 6. The van der Waals surface area contributed by atoms with Crippen molar-refractivity contribution in [2.75, 3.05) is 49.1 Å². The fraction of sp³-hybridized carbons (Fsp3) is 0.477. The zero-order valence-corrected chi connectivity index (χ0v) is 31.6. The second-order valence-corrected chi connectivity index (χ2v) is 15.8. The average molecular weight is 716 g/mol. The highest BCUT2D eigenvalue weighted by molar-refractivity contribution is 6.02. The Morgan fingerprint density at radius 2 is 1.28 bits per heavy atom. The Labute approximate surface area is 313 Å². The predicted octanol–water partition coefficient (Wildman–Crippen LogP) is 6.99. The SMILES string of the molecule is CCN(CC)c1ccc2c(c1)Oc1cc(N(CC)CC)ccc1C21c2ccccc2C(=O)N1CCNC(=O)/C=C/C(=O)NC12CC3CC(CC(C3)C1)C2. The Balaban J connectivity index is 1.08. The van der Waals surface area contributed by atoms with Crippen LogP contribution in [0.25, 0.3) is 0 Å². The third-order valence-electron chi connectivity index (χ3n) is 12.8. The lowest BCUT2D eigenvalue weighted by Crippen LogP contribution is -2.59. The number of anilines is 2. The number of nitrogens with zero attached hydrogens (tertiary/aromatic N) is 3. The van der Waals surface area contributed by atoms with Crippen LogP contribution in [0.3, 0.4) is 0 Å². The molecule has 4 aliphatic carbocycles. The Morgan fingerprint density at radius 1 is 0.755 bits per heavy atom. The molecule has 4 fully saturated rings. The molecule has 2 heterocycles. The van der Waals surface area contributed by atoms with E-state index in [4.69, 9.17) is 4.74 Å². The van der Waals surface area contributed by atoms with E-state index in [2.05, 4.69) is 84.5 Å². The molecule has 53 heavy (non-hydrogen) atoms. The van der Waals surface area contributed by atoms with Gasteiger partial charge in [0.05, 0.1) is 0 Å². The van der Waals surface area contributed by atoms with Crippen LogP contribution in [0.2, 0.25) is 0 Å². The number of carbonyl (C=O) groups is 3. The second-order valence-electron chi connectivity index (χ2n) is 15.8. The molecule has 0 unspecified atom stereocenters. The van der Waals surface area contributed by atoms with Crippen molar-refractivity contribution in [3.63, 3.8) is 0 Å². The molecule has 4 bridgehead atoms. The summed E-state index contributed by atoms with van der Waals surface area (Å²) < 4.78 is 6.80. The molecule has 3 aromatic rings. The number of benzene rings is 3. The number of hydrogen-bond acceptors (Lipinski definition) is 6. The lowest BCUT2D eigenvalue weighted by Gasteiger charge is -2.56. The summed E-state index contributed by atoms with van der Waals surface area (Å²) in [6.45, 7) is 12.5. The van der Waals surface area contributed by atoms with E-state index in [1.54, 1.807) is 0 Å². The van der Waals surface area contributed by atoms with Gasteiger partial charge in [0.2, 0.25) is 11.8 Å². The average Bonchev–Trinajstić information content (AvgIpc) is 3.38. The molecule has 6 aliphatic rings. The first kappa shape index (κ1) is 35.3. The van der Waals surface area contributed by atoms with Crippen LogP contribution in [0.4, 0.5) is 11.4 Å². The van der Waals surface area contributed by atoms with Crippen LogP contribution in [0, 0.1) is 17.8 Å². The quantitative estimate of drug-likeness (QED) is 0.197. The third-order valence-corrected chi connectivity index (χ3v) is 12.8. The predicted molar refractivity (Wildman–Crippen MR) is 209 cm³/mol. The molecule has 4 saturated carbocycles. The van der Waals surface area contributed by atoms with Crippen LogP contribution < -0.4 is 25.2 Å². The fourth-order valence-corrected chi connectivity index (χ4v) is 11.0. The zero-order chi connectivity index (χ0) is 36.9. The van der Waals surface area contributed by atoms with Gasteiger partial charge in [0.25, 0.3) is 5.91 Å². The van der Waals surface area contributed by atoms with E-state index in [0.717, 1.165) is 91.3 Å². The smallest absolute Gasteiger partial charge is 0.255 e. The summed E-state index contributed by atoms with van der Waals surface area (Å²) in [5, 5.41) is 6.29. The molecule has 1 spiro atoms. The van der Waals surface area contributed by atoms with E-state index < -0.39 is 5.54 Å². The summed E-state index contributed by atoms with van der Waals surface area (Å²) in [6.07, 6.45) is 9.79. The topological polar surface area (TPSA) is 94.2 Å². The summed E-state index contributed by atoms with van der Waals surface area (Å²) in [5.41, 5.74) is 4.35. The van der Waals surface area contributed by atoms with Crippen LogP contribution in [-0.4, -0.2) is 67.4 Å². The molecular weight excluding hydrogens is 663 g/mol. The van der Waals surface area contributed by atoms with Gasteiger partial charge in [0.1, 0.15) is 17.0 Å². The van der Waals surface area contributed by atoms with Gasteiger partial charge in [-0.25, -0.2) is 0 Å². The number of nitrogens with one attached hydrogen (secondary N) is 2. The maximum Gasteiger partial charge on any atom is 0.255 e. The molecule has 0 saturated heterocycles. The lowest BCUT2D eigenvalue weighted by atomic mass is 9.53. The Bertz CT molecular complexity index is 1850. The molecule has 278 valence electrons. The first-order chi connectivity index (χ1) is 25.7. The minimum atomic E-state index is -0.974. The largest absolute Gasteiger partial charge is 0.456 e. The van der Waals surface area contributed by atoms with Crippen LogP contribution in [-0.2, 0) is 15.1 Å². The van der Waals surface area contributed by atoms with Crippen molar-refractivity contribution in [1.82, 2.24) is 15.5 Å². The van der Waals surface area contributed by atoms with Gasteiger partial charge in [-0.3, -0.25) is 14.4 Å². The molecule has 2 aliphatic heterocycles. The number of rotatable bonds is 12. The molecule has 3 aromatic carbocycles. The number of amides is 3. The van der Waals surface area contributed by atoms with Crippen molar-refractivity contribution in [2.45, 2.75) is 77.3 Å². The normalized spacial score (nSPS) is 24.1. The minimum Gasteiger partial charge on any atom is -0.456 e. The molecule has 0 aromatic heterocycles. The molecule has 9 rings (SSSR count). The van der Waals surface area contributed by atoms with Crippen molar-refractivity contribution in [3.05, 3.63) is 95.1 Å². The first-order valence-electron chi connectivity index (χ1n) is 19.9. The lowest BCUT2D eigenvalue weighted by molar-refractivity contribution is -0.123. The highest BCUT2D eigenvalue weighted by atomic mass is 16.5. The highest BCUT2D eigenvalue weighted by Crippen LogP contribution is 2.58. The number of carbonyl (C=O) groups excluding carboxylic acids is 3. The zero-order valence-electron chi connectivity index (χ0n) is 31.6. The number of ether oxygens (including phenoxy) is 1. The monoisotopic (exact) mass is 715 g/mol. The van der Waals surface area contributed by atoms with Crippen molar-refractivity contribution in [3.8, 4) is 11.5 Å². The van der Waals surface area contributed by atoms with E-state index in [9.17, 15) is 14.4 Å². The Hall–Kier alpha value is -4.79. The standard InChI is InChI=1S/C44H53N5O4/c1-5-47(6-2)32-13-15-36-38(24-32)53-39-25-33(48(7-3)8-4)14-16-37(39)44(36)35-12-10-9-11-34(35)42(52)49(44)20-19-45-40(50)17-18-41(51)46-43-26-29-21-30(27-43)23-31(22-29)28-43/h9-18,24-25,29-31H,5-8,19-23,26-28H2,1-4H3,(H,45,50)(H,46,51)/b18-17+. The summed E-state index contributed by atoms with van der Waals surface area (Å²) in [5.74, 6) is 2.94. The van der Waals surface area contributed by atoms with Crippen LogP contribution in [0.15, 0.2) is 72.8 Å². The van der Waals surface area contributed by atoms with Crippen molar-refractivity contribution in [1.29, 1.82) is 0 Å². The van der Waals surface area contributed by atoms with Gasteiger partial charge in [-0.2, -0.15) is 0 Å². The van der Waals surface area contributed by atoms with Gasteiger partial charge in [-0.05, 0) is 108 Å². The van der Waals surface area contributed by atoms with E-state index >= 15 is 0 Å². The van der Waals surface area contributed by atoms with Crippen LogP contribution in [0.5, 0.6) is 11.5 Å². The van der Waals surface area contributed by atoms with Crippen LogP contribution >= 0.6 is 0 Å². The maximum absolute atomic E-state index is 14.5. The molecule has 0 radical (unpaired) electrons. The van der Waals surface area contributed by atoms with E-state index in [1.165, 1.54) is 31.4 Å². The molecular formula is C44H53N5O4. The summed E-state index contributed by atoms with van der Waals surface area (Å²) >= 11 is 0. The van der Waals surface area contributed by atoms with Gasteiger partial charge < -0.3 is 30.1 Å². The molecule has 0 atom stereocenters. The molecule has 9 heteroatoms. The second kappa shape index (κ2) is 13.9. The maximum atomic E-state index is 14.5. The fourth-order valence-electron chi connectivity index (χ4n) is 11.0. The first-order valence-corrected chi connectivity index (χ1v) is 19.9. The van der Waals surface area contributed by atoms with Gasteiger partial charge in [-0.15, -0.1) is 0 Å². The van der Waals surface area contributed by atoms with Crippen molar-refractivity contribution < 1.29 is 19.1 Å². The Morgan fingerprint density at radius 3 is 1.83 bits per heavy atom. The summed E-state index contributed by atoms with van der Waals surface area (Å²) in [4.78, 5) is 47.2. The minimum absolute atomic E-state index is 0.0974. The van der Waals surface area contributed by atoms with E-state index in [1.807, 2.05) is 29.2 Å². The van der Waals surface area contributed by atoms with Gasteiger partial charge >= 0.3 is 0 Å². The van der Waals surface area contributed by atoms with Crippen molar-refractivity contribution >= 4 is 29.1 Å². The number of hydrogen-bond donors (Lipinski definition) is 2. The molecule has 2 N–H and O–H groups in total. The van der Waals surface area contributed by atoms with Gasteiger partial charge in [0.15, 0.2) is 0 Å². The third kappa shape index (κ3) is 5.96. The molecule has 9 nitrogen and oxygen atoms in total. The van der Waals surface area contributed by atoms with Crippen molar-refractivity contribution in [2.24, 2.45) is 17.8 Å². The highest BCUT2D eigenvalue weighted by Gasteiger charge is 2.56. The van der Waals surface area contributed by atoms with E-state index in [0.29, 0.717) is 17.1 Å². The van der Waals surface area contributed by atoms with Crippen LogP contribution in [0.1, 0.15) is 93.3 Å². The summed E-state index contributed by atoms with van der Waals surface area (Å²) in [6, 6.07) is 20.5. The summed E-state index contributed by atoms with van der Waals surface area (Å²) in [7, 11) is 0. The van der Waals surface area contributed by atoms with Gasteiger partial charge in [-0.1, -0.05) is 30.3 Å². The Kier molecular flexibility index (Phi) is 9.23.